The molecule has 15 heavy (non-hydrogen) atoms. The average molecular weight is 200 g/mol. The molecule has 3 N–H and O–H groups in total. The normalized spacial score (nSPS) is 9.93. The van der Waals surface area contributed by atoms with Gasteiger partial charge in [-0.05, 0) is 23.8 Å². The van der Waals surface area contributed by atoms with Gasteiger partial charge in [-0.2, -0.15) is 0 Å². The number of rotatable bonds is 3. The molecular weight excluding hydrogens is 188 g/mol. The molecule has 76 valence electrons. The highest BCUT2D eigenvalue weighted by atomic mass is 15.1. The third-order valence-electron chi connectivity index (χ3n) is 1.98. The quantitative estimate of drug-likeness (QED) is 0.791. The lowest BCUT2D eigenvalue weighted by Gasteiger charge is -2.05. The van der Waals surface area contributed by atoms with E-state index in [-0.39, 0.29) is 0 Å². The number of aromatic nitrogens is 2. The molecule has 0 saturated heterocycles. The van der Waals surface area contributed by atoms with Gasteiger partial charge in [0.1, 0.15) is 0 Å². The number of nitrogens with one attached hydrogen (secondary N) is 1. The van der Waals surface area contributed by atoms with Crippen LogP contribution >= 0.6 is 0 Å². The third-order valence-corrected chi connectivity index (χ3v) is 1.98. The molecule has 0 aliphatic rings. The van der Waals surface area contributed by atoms with Crippen LogP contribution in [-0.2, 0) is 6.54 Å². The Labute approximate surface area is 88.2 Å². The summed E-state index contributed by atoms with van der Waals surface area (Å²) in [6.07, 6.45) is 3.39. The van der Waals surface area contributed by atoms with E-state index in [4.69, 9.17) is 5.73 Å². The summed E-state index contributed by atoms with van der Waals surface area (Å²) in [7, 11) is 0. The summed E-state index contributed by atoms with van der Waals surface area (Å²) in [4.78, 5) is 8.15. The fourth-order valence-corrected chi connectivity index (χ4v) is 1.27. The second kappa shape index (κ2) is 4.52. The van der Waals surface area contributed by atoms with E-state index in [1.165, 1.54) is 0 Å². The van der Waals surface area contributed by atoms with E-state index in [1.807, 2.05) is 24.3 Å². The van der Waals surface area contributed by atoms with Crippen molar-refractivity contribution in [2.45, 2.75) is 6.54 Å². The van der Waals surface area contributed by atoms with Crippen molar-refractivity contribution in [1.29, 1.82) is 0 Å². The van der Waals surface area contributed by atoms with Crippen LogP contribution in [-0.4, -0.2) is 9.97 Å². The van der Waals surface area contributed by atoms with Crippen LogP contribution in [0.5, 0.6) is 0 Å². The van der Waals surface area contributed by atoms with Crippen LogP contribution in [0.3, 0.4) is 0 Å². The molecular formula is C11H12N4. The number of nitrogens with two attached hydrogens (primary N) is 1. The van der Waals surface area contributed by atoms with E-state index >= 15 is 0 Å². The number of anilines is 2. The number of hydrogen-bond donors (Lipinski definition) is 2. The Hall–Kier alpha value is -1.94. The highest BCUT2D eigenvalue weighted by Gasteiger charge is 1.96. The van der Waals surface area contributed by atoms with Gasteiger partial charge in [-0.15, -0.1) is 0 Å². The zero-order valence-corrected chi connectivity index (χ0v) is 8.22. The van der Waals surface area contributed by atoms with Gasteiger partial charge < -0.3 is 11.1 Å². The minimum absolute atomic E-state index is 0.533. The van der Waals surface area contributed by atoms with Crippen molar-refractivity contribution in [3.05, 3.63) is 48.3 Å². The first-order valence-corrected chi connectivity index (χ1v) is 4.71. The average Bonchev–Trinajstić information content (AvgIpc) is 2.31. The van der Waals surface area contributed by atoms with Crippen molar-refractivity contribution in [2.75, 3.05) is 5.32 Å². The minimum Gasteiger partial charge on any atom is -0.326 e. The summed E-state index contributed by atoms with van der Waals surface area (Å²) >= 11 is 0. The van der Waals surface area contributed by atoms with Crippen molar-refractivity contribution in [3.63, 3.8) is 0 Å². The summed E-state index contributed by atoms with van der Waals surface area (Å²) in [5, 5.41) is 3.10. The Kier molecular flexibility index (Phi) is 2.90. The second-order valence-corrected chi connectivity index (χ2v) is 3.10. The topological polar surface area (TPSA) is 63.8 Å². The first-order chi connectivity index (χ1) is 7.38. The van der Waals surface area contributed by atoms with Crippen LogP contribution in [0.2, 0.25) is 0 Å². The van der Waals surface area contributed by atoms with Gasteiger partial charge >= 0.3 is 0 Å². The molecule has 0 unspecified atom stereocenters. The molecule has 0 aliphatic carbocycles. The van der Waals surface area contributed by atoms with E-state index < -0.39 is 0 Å². The molecule has 0 fully saturated rings. The lowest BCUT2D eigenvalue weighted by Crippen LogP contribution is -1.99. The predicted molar refractivity (Wildman–Crippen MR) is 59.6 cm³/mol. The molecule has 0 bridgehead atoms. The van der Waals surface area contributed by atoms with E-state index in [9.17, 15) is 0 Å². The predicted octanol–water partition coefficient (Wildman–Crippen LogP) is 1.68. The maximum Gasteiger partial charge on any atom is 0.227 e. The fraction of sp³-hybridized carbons (Fsp3) is 0.0909. The van der Waals surface area contributed by atoms with Crippen LogP contribution < -0.4 is 11.1 Å². The van der Waals surface area contributed by atoms with E-state index in [0.29, 0.717) is 12.5 Å². The summed E-state index contributed by atoms with van der Waals surface area (Å²) in [5.41, 5.74) is 7.58. The Balaban J connectivity index is 2.17. The maximum atomic E-state index is 5.55. The Bertz CT molecular complexity index is 428. The standard InChI is InChI=1S/C11H12N4/c12-8-9-3-1-4-10(7-9)15-11-13-5-2-6-14-11/h1-7H,8,12H2,(H,13,14,15). The van der Waals surface area contributed by atoms with Gasteiger partial charge in [-0.1, -0.05) is 12.1 Å². The molecule has 1 heterocycles. The van der Waals surface area contributed by atoms with Crippen LogP contribution in [0.1, 0.15) is 5.56 Å². The molecule has 0 amide bonds. The van der Waals surface area contributed by atoms with Crippen molar-refractivity contribution < 1.29 is 0 Å². The van der Waals surface area contributed by atoms with Crippen LogP contribution in [0.15, 0.2) is 42.7 Å². The van der Waals surface area contributed by atoms with Gasteiger partial charge in [0.2, 0.25) is 5.95 Å². The van der Waals surface area contributed by atoms with Gasteiger partial charge in [0.25, 0.3) is 0 Å². The van der Waals surface area contributed by atoms with Crippen LogP contribution in [0.25, 0.3) is 0 Å². The summed E-state index contributed by atoms with van der Waals surface area (Å²) in [6, 6.07) is 9.65. The third kappa shape index (κ3) is 2.51. The molecule has 1 aromatic carbocycles. The Morgan fingerprint density at radius 1 is 1.13 bits per heavy atom. The SMILES string of the molecule is NCc1cccc(Nc2ncccn2)c1. The first-order valence-electron chi connectivity index (χ1n) is 4.71. The summed E-state index contributed by atoms with van der Waals surface area (Å²) in [6.45, 7) is 0.533. The zero-order valence-electron chi connectivity index (χ0n) is 8.22. The molecule has 0 aliphatic heterocycles. The van der Waals surface area contributed by atoms with Crippen LogP contribution in [0.4, 0.5) is 11.6 Å². The Morgan fingerprint density at radius 2 is 1.93 bits per heavy atom. The molecule has 4 heteroatoms. The maximum absolute atomic E-state index is 5.55. The number of nitrogens with zero attached hydrogens (tertiary/aromatic N) is 2. The molecule has 2 aromatic rings. The van der Waals surface area contributed by atoms with Crippen molar-refractivity contribution in [3.8, 4) is 0 Å². The molecule has 0 spiro atoms. The largest absolute Gasteiger partial charge is 0.326 e. The van der Waals surface area contributed by atoms with Gasteiger partial charge in [-0.25, -0.2) is 9.97 Å². The molecule has 0 saturated carbocycles. The molecule has 2 rings (SSSR count). The minimum atomic E-state index is 0.533. The van der Waals surface area contributed by atoms with Crippen LogP contribution in [0, 0.1) is 0 Å². The van der Waals surface area contributed by atoms with Crippen molar-refractivity contribution >= 4 is 11.6 Å². The number of benzene rings is 1. The molecule has 1 aromatic heterocycles. The summed E-state index contributed by atoms with van der Waals surface area (Å²) < 4.78 is 0. The highest BCUT2D eigenvalue weighted by Crippen LogP contribution is 2.13. The van der Waals surface area contributed by atoms with Gasteiger partial charge in [0, 0.05) is 24.6 Å². The van der Waals surface area contributed by atoms with E-state index in [0.717, 1.165) is 11.3 Å². The lowest BCUT2D eigenvalue weighted by atomic mass is 10.2. The molecule has 0 radical (unpaired) electrons. The molecule has 4 nitrogen and oxygen atoms in total. The van der Waals surface area contributed by atoms with Gasteiger partial charge in [0.05, 0.1) is 0 Å². The fourth-order valence-electron chi connectivity index (χ4n) is 1.27. The zero-order chi connectivity index (χ0) is 10.5. The van der Waals surface area contributed by atoms with Gasteiger partial charge in [0.15, 0.2) is 0 Å². The highest BCUT2D eigenvalue weighted by molar-refractivity contribution is 5.53. The van der Waals surface area contributed by atoms with Gasteiger partial charge in [-0.3, -0.25) is 0 Å². The van der Waals surface area contributed by atoms with E-state index in [2.05, 4.69) is 15.3 Å². The smallest absolute Gasteiger partial charge is 0.227 e. The lowest BCUT2D eigenvalue weighted by molar-refractivity contribution is 1.07. The Morgan fingerprint density at radius 3 is 2.67 bits per heavy atom. The van der Waals surface area contributed by atoms with Crippen molar-refractivity contribution in [1.82, 2.24) is 9.97 Å². The molecule has 0 atom stereocenters. The van der Waals surface area contributed by atoms with E-state index in [1.54, 1.807) is 18.5 Å². The number of hydrogen-bond acceptors (Lipinski definition) is 4. The monoisotopic (exact) mass is 200 g/mol. The summed E-state index contributed by atoms with van der Waals surface area (Å²) in [5.74, 6) is 0.590. The van der Waals surface area contributed by atoms with Crippen molar-refractivity contribution in [2.24, 2.45) is 5.73 Å². The first kappa shape index (κ1) is 9.61. The second-order valence-electron chi connectivity index (χ2n) is 3.10.